The highest BCUT2D eigenvalue weighted by atomic mass is 35.5. The molecule has 2 aromatic carbocycles. The normalized spacial score (nSPS) is 19.9. The Labute approximate surface area is 362 Å². The highest BCUT2D eigenvalue weighted by molar-refractivity contribution is 7.99. The van der Waals surface area contributed by atoms with E-state index in [2.05, 4.69) is 35.1 Å². The van der Waals surface area contributed by atoms with E-state index in [-0.39, 0.29) is 29.2 Å². The third-order valence-electron chi connectivity index (χ3n) is 11.3. The second kappa shape index (κ2) is 20.1. The minimum Gasteiger partial charge on any atom is -0.453 e. The van der Waals surface area contributed by atoms with Gasteiger partial charge in [-0.05, 0) is 54.5 Å². The van der Waals surface area contributed by atoms with Crippen molar-refractivity contribution in [3.63, 3.8) is 0 Å². The topological polar surface area (TPSA) is 184 Å². The number of aromatic nitrogens is 4. The summed E-state index contributed by atoms with van der Waals surface area (Å²) in [6.45, 7) is 2.28. The fourth-order valence-corrected chi connectivity index (χ4v) is 8.93. The van der Waals surface area contributed by atoms with Crippen LogP contribution in [0.5, 0.6) is 0 Å². The SMILES string of the molecule is CC[C@@H]1CC[C@@H](c2nc(-c3ccc(-c4ccc(-c5cnc([C@@H]6C[C@H](SC)CN6C(=O)[C@H](COC(F)F)NC(=O)OC)[nH]5)cc4)cc3)c(Cl)[nH]2)N1C(=O)[C@@H](NC(=O)OC)C(C)C. The number of halogens is 3. The van der Waals surface area contributed by atoms with Crippen molar-refractivity contribution in [2.45, 2.75) is 88.5 Å². The predicted molar refractivity (Wildman–Crippen MR) is 227 cm³/mol. The van der Waals surface area contributed by atoms with E-state index in [1.807, 2.05) is 80.5 Å². The molecule has 6 rings (SSSR count). The molecule has 328 valence electrons. The summed E-state index contributed by atoms with van der Waals surface area (Å²) in [5.41, 5.74) is 4.85. The van der Waals surface area contributed by atoms with E-state index in [1.54, 1.807) is 18.0 Å². The molecule has 19 heteroatoms. The maximum Gasteiger partial charge on any atom is 0.407 e. The largest absolute Gasteiger partial charge is 0.453 e. The standard InChI is InChI=1S/C42H51ClF2N8O7S/c1-7-27-16-17-31(53(27)39(55)33(22(2)3)50-42(57)59-5)37-49-34(35(43)51-37)26-14-10-24(11-15-26)23-8-12-25(13-9-23)29-19-46-36(47-29)32-18-28(61-6)20-52(32)38(54)30(21-60-40(44)45)48-41(56)58-4/h8-15,19,22,27-28,30-33,40H,7,16-18,20-21H2,1-6H3,(H,46,47)(H,48,56)(H,49,51)(H,50,57)/t27-,28+,30+,31+,32+,33+/m1/s1. The number of nitrogens with one attached hydrogen (secondary N) is 4. The zero-order valence-electron chi connectivity index (χ0n) is 34.7. The molecule has 0 spiro atoms. The Hall–Kier alpha value is -5.20. The summed E-state index contributed by atoms with van der Waals surface area (Å²) in [5.74, 6) is 0.173. The second-order valence-electron chi connectivity index (χ2n) is 15.3. The van der Waals surface area contributed by atoms with Crippen LogP contribution in [0, 0.1) is 5.92 Å². The molecular formula is C42H51ClF2N8O7S. The van der Waals surface area contributed by atoms with Gasteiger partial charge in [0.05, 0.1) is 44.8 Å². The summed E-state index contributed by atoms with van der Waals surface area (Å²) >= 11 is 8.33. The predicted octanol–water partition coefficient (Wildman–Crippen LogP) is 7.58. The Morgan fingerprint density at radius 1 is 0.885 bits per heavy atom. The number of ether oxygens (including phenoxy) is 3. The van der Waals surface area contributed by atoms with Crippen LogP contribution in [0.1, 0.15) is 70.2 Å². The van der Waals surface area contributed by atoms with Crippen molar-refractivity contribution in [1.82, 2.24) is 40.4 Å². The molecule has 4 heterocycles. The molecule has 2 aromatic heterocycles. The number of carbonyl (C=O) groups is 4. The van der Waals surface area contributed by atoms with E-state index in [1.165, 1.54) is 12.0 Å². The van der Waals surface area contributed by atoms with E-state index < -0.39 is 49.4 Å². The van der Waals surface area contributed by atoms with Gasteiger partial charge in [0.2, 0.25) is 11.8 Å². The van der Waals surface area contributed by atoms with Gasteiger partial charge in [0.1, 0.15) is 34.6 Å². The van der Waals surface area contributed by atoms with Gasteiger partial charge in [0.15, 0.2) is 0 Å². The number of methoxy groups -OCH3 is 2. The number of benzene rings is 2. The molecule has 4 N–H and O–H groups in total. The highest BCUT2D eigenvalue weighted by Crippen LogP contribution is 2.40. The van der Waals surface area contributed by atoms with Crippen LogP contribution in [0.2, 0.25) is 5.15 Å². The molecule has 15 nitrogen and oxygen atoms in total. The summed E-state index contributed by atoms with van der Waals surface area (Å²) < 4.78 is 39.6. The Morgan fingerprint density at radius 2 is 1.51 bits per heavy atom. The third-order valence-corrected chi connectivity index (χ3v) is 12.5. The maximum atomic E-state index is 14.0. The molecule has 0 unspecified atom stereocenters. The number of amides is 4. The van der Waals surface area contributed by atoms with Gasteiger partial charge in [-0.1, -0.05) is 80.9 Å². The third kappa shape index (κ3) is 10.3. The Kier molecular flexibility index (Phi) is 14.9. The van der Waals surface area contributed by atoms with Crippen LogP contribution in [0.15, 0.2) is 54.7 Å². The van der Waals surface area contributed by atoms with Crippen LogP contribution in [0.3, 0.4) is 0 Å². The molecule has 0 bridgehead atoms. The van der Waals surface area contributed by atoms with Gasteiger partial charge < -0.3 is 44.6 Å². The lowest BCUT2D eigenvalue weighted by Gasteiger charge is -2.33. The van der Waals surface area contributed by atoms with Gasteiger partial charge in [0.25, 0.3) is 0 Å². The van der Waals surface area contributed by atoms with Gasteiger partial charge in [-0.2, -0.15) is 20.5 Å². The molecule has 0 radical (unpaired) electrons. The minimum atomic E-state index is -3.12. The monoisotopic (exact) mass is 884 g/mol. The van der Waals surface area contributed by atoms with E-state index in [0.717, 1.165) is 47.9 Å². The van der Waals surface area contributed by atoms with Crippen LogP contribution in [0.25, 0.3) is 33.6 Å². The number of thioether (sulfide) groups is 1. The highest BCUT2D eigenvalue weighted by Gasteiger charge is 2.43. The smallest absolute Gasteiger partial charge is 0.407 e. The number of hydrogen-bond acceptors (Lipinski definition) is 10. The second-order valence-corrected chi connectivity index (χ2v) is 16.8. The average Bonchev–Trinajstić information content (AvgIpc) is 4.09. The summed E-state index contributed by atoms with van der Waals surface area (Å²) in [4.78, 5) is 71.1. The first-order chi connectivity index (χ1) is 29.3. The molecule has 2 fully saturated rings. The van der Waals surface area contributed by atoms with Crippen LogP contribution < -0.4 is 10.6 Å². The number of rotatable bonds is 15. The van der Waals surface area contributed by atoms with Crippen molar-refractivity contribution in [3.05, 3.63) is 71.5 Å². The summed E-state index contributed by atoms with van der Waals surface area (Å²) in [6.07, 6.45) is 4.82. The molecule has 0 aliphatic carbocycles. The molecule has 2 aliphatic rings. The minimum absolute atomic E-state index is 0.0201. The Balaban J connectivity index is 1.16. The van der Waals surface area contributed by atoms with Crippen molar-refractivity contribution in [1.29, 1.82) is 0 Å². The Morgan fingerprint density at radius 3 is 2.10 bits per heavy atom. The molecule has 6 atom stereocenters. The molecular weight excluding hydrogens is 834 g/mol. The van der Waals surface area contributed by atoms with E-state index in [4.69, 9.17) is 21.3 Å². The van der Waals surface area contributed by atoms with E-state index >= 15 is 0 Å². The van der Waals surface area contributed by atoms with Crippen molar-refractivity contribution in [2.24, 2.45) is 5.92 Å². The zero-order chi connectivity index (χ0) is 44.0. The van der Waals surface area contributed by atoms with E-state index in [0.29, 0.717) is 41.9 Å². The number of alkyl carbamates (subject to hydrolysis) is 2. The number of likely N-dealkylation sites (tertiary alicyclic amines) is 2. The van der Waals surface area contributed by atoms with Crippen molar-refractivity contribution < 1.29 is 42.2 Å². The fourth-order valence-electron chi connectivity index (χ4n) is 8.00. The molecule has 4 amide bonds. The lowest BCUT2D eigenvalue weighted by molar-refractivity contribution is -0.150. The van der Waals surface area contributed by atoms with Crippen molar-refractivity contribution in [2.75, 3.05) is 33.6 Å². The van der Waals surface area contributed by atoms with Gasteiger partial charge in [-0.15, -0.1) is 0 Å². The average molecular weight is 885 g/mol. The molecule has 0 saturated carbocycles. The van der Waals surface area contributed by atoms with Gasteiger partial charge >= 0.3 is 18.8 Å². The lowest BCUT2D eigenvalue weighted by atomic mass is 10.0. The molecule has 2 aliphatic heterocycles. The maximum absolute atomic E-state index is 14.0. The first-order valence-corrected chi connectivity index (χ1v) is 21.7. The van der Waals surface area contributed by atoms with Crippen molar-refractivity contribution >= 4 is 47.4 Å². The number of imidazole rings is 2. The summed E-state index contributed by atoms with van der Waals surface area (Å²) in [5, 5.41) is 5.43. The van der Waals surface area contributed by atoms with Crippen molar-refractivity contribution in [3.8, 4) is 33.6 Å². The Bertz CT molecular complexity index is 2150. The summed E-state index contributed by atoms with van der Waals surface area (Å²) in [6, 6.07) is 12.7. The first kappa shape index (κ1) is 45.3. The number of H-pyrrole nitrogens is 2. The summed E-state index contributed by atoms with van der Waals surface area (Å²) in [7, 11) is 2.39. The molecule has 61 heavy (non-hydrogen) atoms. The number of hydrogen-bond donors (Lipinski definition) is 4. The van der Waals surface area contributed by atoms with E-state index in [9.17, 15) is 28.0 Å². The van der Waals surface area contributed by atoms with Crippen LogP contribution in [-0.4, -0.2) is 117 Å². The quantitative estimate of drug-likeness (QED) is 0.0929. The van der Waals surface area contributed by atoms with Gasteiger partial charge in [-0.25, -0.2) is 19.6 Å². The molecule has 2 saturated heterocycles. The van der Waals surface area contributed by atoms with Crippen LogP contribution in [-0.2, 0) is 23.8 Å². The zero-order valence-corrected chi connectivity index (χ0v) is 36.3. The fraction of sp³-hybridized carbons (Fsp3) is 0.476. The van der Waals surface area contributed by atoms with Crippen LogP contribution >= 0.6 is 23.4 Å². The number of alkyl halides is 2. The number of nitrogens with zero attached hydrogens (tertiary/aromatic N) is 4. The van der Waals surface area contributed by atoms with Gasteiger partial charge in [-0.3, -0.25) is 9.59 Å². The lowest BCUT2D eigenvalue weighted by Crippen LogP contribution is -2.53. The number of aromatic amines is 2. The molecule has 4 aromatic rings. The number of carbonyl (C=O) groups excluding carboxylic acids is 4. The van der Waals surface area contributed by atoms with Gasteiger partial charge in [0, 0.05) is 23.4 Å². The first-order valence-electron chi connectivity index (χ1n) is 20.0. The van der Waals surface area contributed by atoms with Crippen LogP contribution in [0.4, 0.5) is 18.4 Å².